The van der Waals surface area contributed by atoms with Crippen molar-refractivity contribution < 1.29 is 65.9 Å². The molecule has 1 heterocycles. The number of carboxylic acid groups (broad SMARTS) is 2. The summed E-state index contributed by atoms with van der Waals surface area (Å²) in [5.41, 5.74) is 0.658. The SMILES string of the molecule is O=C(O)CCCCCCCCCc1cc(Oc2ccc(S(=O)(=O)Cc3ncc(C(=O)NCCOCCOCC(=O)NCCOCCOCC(=O)O)cn3)cc2)ccc1F. The fourth-order valence-electron chi connectivity index (χ4n) is 5.35. The molecule has 0 aliphatic heterocycles. The summed E-state index contributed by atoms with van der Waals surface area (Å²) in [7, 11) is -3.84. The monoisotopic (exact) mass is 848 g/mol. The van der Waals surface area contributed by atoms with Crippen LogP contribution < -0.4 is 15.4 Å². The van der Waals surface area contributed by atoms with Gasteiger partial charge in [-0.3, -0.25) is 14.4 Å². The molecule has 0 fully saturated rings. The summed E-state index contributed by atoms with van der Waals surface area (Å²) >= 11 is 0. The van der Waals surface area contributed by atoms with Gasteiger partial charge in [-0.15, -0.1) is 0 Å². The van der Waals surface area contributed by atoms with E-state index in [-0.39, 0.29) is 93.8 Å². The van der Waals surface area contributed by atoms with Gasteiger partial charge in [-0.2, -0.15) is 0 Å². The number of hydrogen-bond acceptors (Lipinski definition) is 13. The zero-order valence-electron chi connectivity index (χ0n) is 32.9. The van der Waals surface area contributed by atoms with Gasteiger partial charge in [0.15, 0.2) is 9.84 Å². The average Bonchev–Trinajstić information content (AvgIpc) is 3.20. The summed E-state index contributed by atoms with van der Waals surface area (Å²) in [6.07, 6.45) is 9.52. The third-order valence-electron chi connectivity index (χ3n) is 8.36. The van der Waals surface area contributed by atoms with E-state index in [0.29, 0.717) is 29.9 Å². The van der Waals surface area contributed by atoms with Gasteiger partial charge in [0.25, 0.3) is 5.91 Å². The largest absolute Gasteiger partial charge is 0.481 e. The van der Waals surface area contributed by atoms with Crippen LogP contribution in [0.1, 0.15) is 73.1 Å². The fraction of sp³-hybridized carbons (Fsp3) is 0.500. The number of aryl methyl sites for hydroxylation is 1. The van der Waals surface area contributed by atoms with Crippen LogP contribution in [0.4, 0.5) is 4.39 Å². The van der Waals surface area contributed by atoms with Crippen LogP contribution in [-0.4, -0.2) is 118 Å². The smallest absolute Gasteiger partial charge is 0.329 e. The third-order valence-corrected chi connectivity index (χ3v) is 9.99. The highest BCUT2D eigenvalue weighted by atomic mass is 32.2. The van der Waals surface area contributed by atoms with Crippen LogP contribution in [0.5, 0.6) is 11.5 Å². The topological polar surface area (TPSA) is 239 Å². The summed E-state index contributed by atoms with van der Waals surface area (Å²) in [6, 6.07) is 10.3. The summed E-state index contributed by atoms with van der Waals surface area (Å²) in [4.78, 5) is 53.3. The van der Waals surface area contributed by atoms with Crippen molar-refractivity contribution in [1.82, 2.24) is 20.6 Å². The Morgan fingerprint density at radius 2 is 1.24 bits per heavy atom. The van der Waals surface area contributed by atoms with E-state index >= 15 is 0 Å². The molecule has 324 valence electrons. The van der Waals surface area contributed by atoms with E-state index in [9.17, 15) is 32.0 Å². The van der Waals surface area contributed by atoms with E-state index in [4.69, 9.17) is 33.9 Å². The predicted molar refractivity (Wildman–Crippen MR) is 210 cm³/mol. The minimum Gasteiger partial charge on any atom is -0.481 e. The van der Waals surface area contributed by atoms with Crippen molar-refractivity contribution in [2.24, 2.45) is 0 Å². The number of ether oxygens (including phenoxy) is 5. The highest BCUT2D eigenvalue weighted by Gasteiger charge is 2.18. The van der Waals surface area contributed by atoms with Crippen LogP contribution in [-0.2, 0) is 55.3 Å². The number of carbonyl (C=O) groups excluding carboxylic acids is 2. The quantitative estimate of drug-likeness (QED) is 0.0647. The number of benzene rings is 2. The first kappa shape index (κ1) is 48.3. The summed E-state index contributed by atoms with van der Waals surface area (Å²) in [6.45, 7) is 0.919. The lowest BCUT2D eigenvalue weighted by Gasteiger charge is -2.10. The molecule has 0 unspecified atom stereocenters. The Morgan fingerprint density at radius 3 is 1.88 bits per heavy atom. The third kappa shape index (κ3) is 21.0. The number of amides is 2. The van der Waals surface area contributed by atoms with E-state index < -0.39 is 40.0 Å². The molecule has 0 aliphatic rings. The van der Waals surface area contributed by atoms with Crippen LogP contribution in [0, 0.1) is 5.82 Å². The van der Waals surface area contributed by atoms with Crippen molar-refractivity contribution >= 4 is 33.6 Å². The normalized spacial score (nSPS) is 11.3. The zero-order valence-corrected chi connectivity index (χ0v) is 33.7. The van der Waals surface area contributed by atoms with Crippen LogP contribution >= 0.6 is 0 Å². The molecule has 0 aliphatic carbocycles. The van der Waals surface area contributed by atoms with Crippen LogP contribution in [0.25, 0.3) is 0 Å². The molecular formula is C40H53FN4O13S. The number of carbonyl (C=O) groups is 4. The first-order valence-corrected chi connectivity index (χ1v) is 21.0. The first-order chi connectivity index (χ1) is 28.4. The number of nitrogens with one attached hydrogen (secondary N) is 2. The number of halogens is 1. The molecule has 1 aromatic heterocycles. The zero-order chi connectivity index (χ0) is 42.7. The van der Waals surface area contributed by atoms with E-state index in [1.807, 2.05) is 0 Å². The number of hydrogen-bond donors (Lipinski definition) is 4. The molecule has 17 nitrogen and oxygen atoms in total. The molecule has 19 heteroatoms. The molecule has 3 aromatic rings. The number of rotatable bonds is 32. The predicted octanol–water partition coefficient (Wildman–Crippen LogP) is 4.13. The summed E-state index contributed by atoms with van der Waals surface area (Å²) in [5, 5.41) is 22.4. The molecule has 59 heavy (non-hydrogen) atoms. The molecule has 0 radical (unpaired) electrons. The lowest BCUT2D eigenvalue weighted by atomic mass is 10.0. The van der Waals surface area contributed by atoms with Gasteiger partial charge in [0.1, 0.15) is 42.1 Å². The second kappa shape index (κ2) is 27.6. The maximum absolute atomic E-state index is 14.5. The van der Waals surface area contributed by atoms with Gasteiger partial charge in [-0.1, -0.05) is 32.1 Å². The molecule has 0 bridgehead atoms. The molecule has 2 amide bonds. The van der Waals surface area contributed by atoms with Gasteiger partial charge in [-0.25, -0.2) is 27.6 Å². The Bertz CT molecular complexity index is 1850. The lowest BCUT2D eigenvalue weighted by molar-refractivity contribution is -0.143. The maximum atomic E-state index is 14.5. The van der Waals surface area contributed by atoms with Crippen molar-refractivity contribution in [2.45, 2.75) is 68.4 Å². The standard InChI is InChI=1S/C40H53FN4O13S/c41-35-15-12-33(24-30(35)8-6-4-2-1-3-5-7-9-38(47)48)58-32-10-13-34(14-11-32)59(52,53)29-36-44-25-31(26-45-36)40(51)43-17-19-55-20-22-56-27-37(46)42-16-18-54-21-23-57-28-39(49)50/h10-15,24-26H,1-9,16-23,27-29H2,(H,42,46)(H,43,51)(H,47,48)(H,49,50). The van der Waals surface area contributed by atoms with E-state index in [1.54, 1.807) is 6.07 Å². The van der Waals surface area contributed by atoms with Gasteiger partial charge in [0, 0.05) is 31.9 Å². The highest BCUT2D eigenvalue weighted by molar-refractivity contribution is 7.90. The summed E-state index contributed by atoms with van der Waals surface area (Å²) in [5.74, 6) is -2.68. The summed E-state index contributed by atoms with van der Waals surface area (Å²) < 4.78 is 67.2. The van der Waals surface area contributed by atoms with Crippen LogP contribution in [0.15, 0.2) is 59.8 Å². The minimum atomic E-state index is -3.84. The number of aromatic nitrogens is 2. The van der Waals surface area contributed by atoms with Crippen molar-refractivity contribution in [3.63, 3.8) is 0 Å². The van der Waals surface area contributed by atoms with E-state index in [1.165, 1.54) is 48.8 Å². The minimum absolute atomic E-state index is 0.00173. The molecule has 0 saturated heterocycles. The number of sulfone groups is 1. The van der Waals surface area contributed by atoms with Gasteiger partial charge in [0.05, 0.1) is 50.1 Å². The molecule has 4 N–H and O–H groups in total. The van der Waals surface area contributed by atoms with Gasteiger partial charge in [0.2, 0.25) is 5.91 Å². The Balaban J connectivity index is 1.29. The van der Waals surface area contributed by atoms with Crippen molar-refractivity contribution in [1.29, 1.82) is 0 Å². The highest BCUT2D eigenvalue weighted by Crippen LogP contribution is 2.27. The Morgan fingerprint density at radius 1 is 0.661 bits per heavy atom. The van der Waals surface area contributed by atoms with Crippen molar-refractivity contribution in [3.05, 3.63) is 77.6 Å². The van der Waals surface area contributed by atoms with Crippen molar-refractivity contribution in [3.8, 4) is 11.5 Å². The second-order valence-electron chi connectivity index (χ2n) is 13.2. The molecule has 2 aromatic carbocycles. The van der Waals surface area contributed by atoms with E-state index in [0.717, 1.165) is 38.5 Å². The number of carboxylic acids is 2. The Kier molecular flexibility index (Phi) is 22.6. The lowest BCUT2D eigenvalue weighted by Crippen LogP contribution is -2.31. The number of unbranched alkanes of at least 4 members (excludes halogenated alkanes) is 6. The van der Waals surface area contributed by atoms with Crippen LogP contribution in [0.2, 0.25) is 0 Å². The number of nitrogens with zero attached hydrogens (tertiary/aromatic N) is 2. The molecule has 0 atom stereocenters. The van der Waals surface area contributed by atoms with Gasteiger partial charge in [-0.05, 0) is 67.3 Å². The Labute approximate surface area is 342 Å². The number of aliphatic carboxylic acids is 2. The maximum Gasteiger partial charge on any atom is 0.329 e. The first-order valence-electron chi connectivity index (χ1n) is 19.3. The Hall–Kier alpha value is -5.08. The second-order valence-corrected chi connectivity index (χ2v) is 15.2. The average molecular weight is 849 g/mol. The fourth-order valence-corrected chi connectivity index (χ4v) is 6.56. The molecule has 3 rings (SSSR count). The van der Waals surface area contributed by atoms with Crippen LogP contribution in [0.3, 0.4) is 0 Å². The van der Waals surface area contributed by atoms with Gasteiger partial charge < -0.3 is 44.5 Å². The molecule has 0 spiro atoms. The molecule has 0 saturated carbocycles. The van der Waals surface area contributed by atoms with Gasteiger partial charge >= 0.3 is 11.9 Å². The van der Waals surface area contributed by atoms with E-state index in [2.05, 4.69) is 20.6 Å². The molecular weight excluding hydrogens is 796 g/mol. The van der Waals surface area contributed by atoms with Crippen molar-refractivity contribution in [2.75, 3.05) is 65.9 Å².